The number of carbonyl (C=O) groups excluding carboxylic acids is 2. The molecule has 3 amide bonds. The van der Waals surface area contributed by atoms with Crippen LogP contribution in [0.25, 0.3) is 0 Å². The normalized spacial score (nSPS) is 13.6. The summed E-state index contributed by atoms with van der Waals surface area (Å²) in [6, 6.07) is 4.96. The molecule has 0 aliphatic carbocycles. The molecule has 0 saturated heterocycles. The van der Waals surface area contributed by atoms with Gasteiger partial charge in [0.05, 0.1) is 13.7 Å². The second kappa shape index (κ2) is 5.60. The minimum Gasteiger partial charge on any atom is -0.497 e. The maximum absolute atomic E-state index is 11.6. The summed E-state index contributed by atoms with van der Waals surface area (Å²) in [6.45, 7) is 0.910. The van der Waals surface area contributed by atoms with Gasteiger partial charge in [0.25, 0.3) is 0 Å². The summed E-state index contributed by atoms with van der Waals surface area (Å²) < 4.78 is 5.19. The number of nitrogens with two attached hydrogens (primary N) is 1. The first-order valence-electron chi connectivity index (χ1n) is 6.11. The van der Waals surface area contributed by atoms with Crippen LogP contribution in [0.2, 0.25) is 0 Å². The summed E-state index contributed by atoms with van der Waals surface area (Å²) in [4.78, 5) is 24.2. The number of nitrogens with zero attached hydrogens (tertiary/aromatic N) is 1. The molecule has 19 heavy (non-hydrogen) atoms. The van der Waals surface area contributed by atoms with Crippen molar-refractivity contribution in [2.75, 3.05) is 25.1 Å². The number of hydrogen-bond donors (Lipinski definition) is 2. The van der Waals surface area contributed by atoms with E-state index in [0.29, 0.717) is 0 Å². The lowest BCUT2D eigenvalue weighted by Crippen LogP contribution is -2.43. The van der Waals surface area contributed by atoms with Crippen LogP contribution in [-0.4, -0.2) is 32.1 Å². The summed E-state index contributed by atoms with van der Waals surface area (Å²) in [7, 11) is 1.63. The molecule has 0 aromatic heterocycles. The van der Waals surface area contributed by atoms with Crippen LogP contribution in [0, 0.1) is 0 Å². The standard InChI is InChI=1S/C13H17N3O3/c1-19-10-4-5-11-9(7-10)3-2-6-16(11)8-12(17)15-13(14)18/h4-5,7H,2-3,6,8H2,1H3,(H3,14,15,17,18). The van der Waals surface area contributed by atoms with Crippen molar-refractivity contribution in [1.29, 1.82) is 0 Å². The highest BCUT2D eigenvalue weighted by Gasteiger charge is 2.20. The SMILES string of the molecule is COc1ccc2c(c1)CCCN2CC(=O)NC(N)=O. The van der Waals surface area contributed by atoms with Gasteiger partial charge in [-0.3, -0.25) is 10.1 Å². The van der Waals surface area contributed by atoms with Crippen LogP contribution in [0.5, 0.6) is 5.75 Å². The predicted molar refractivity (Wildman–Crippen MR) is 71.3 cm³/mol. The molecule has 1 aliphatic heterocycles. The topological polar surface area (TPSA) is 84.7 Å². The van der Waals surface area contributed by atoms with Gasteiger partial charge in [-0.1, -0.05) is 0 Å². The van der Waals surface area contributed by atoms with Crippen LogP contribution in [-0.2, 0) is 11.2 Å². The minimum atomic E-state index is -0.822. The van der Waals surface area contributed by atoms with E-state index in [1.54, 1.807) is 7.11 Å². The van der Waals surface area contributed by atoms with Crippen molar-refractivity contribution in [3.8, 4) is 5.75 Å². The Labute approximate surface area is 111 Å². The molecule has 0 atom stereocenters. The molecular weight excluding hydrogens is 246 g/mol. The highest BCUT2D eigenvalue weighted by molar-refractivity contribution is 5.95. The Bertz CT molecular complexity index is 502. The monoisotopic (exact) mass is 263 g/mol. The van der Waals surface area contributed by atoms with Gasteiger partial charge < -0.3 is 15.4 Å². The number of primary amides is 1. The quantitative estimate of drug-likeness (QED) is 0.838. The van der Waals surface area contributed by atoms with Gasteiger partial charge in [-0.15, -0.1) is 0 Å². The van der Waals surface area contributed by atoms with Crippen LogP contribution in [0.1, 0.15) is 12.0 Å². The predicted octanol–water partition coefficient (Wildman–Crippen LogP) is 0.643. The molecule has 1 aromatic rings. The van der Waals surface area contributed by atoms with Crippen molar-refractivity contribution < 1.29 is 14.3 Å². The minimum absolute atomic E-state index is 0.127. The van der Waals surface area contributed by atoms with Gasteiger partial charge in [0, 0.05) is 12.2 Å². The number of carbonyl (C=O) groups is 2. The molecular formula is C13H17N3O3. The zero-order chi connectivity index (χ0) is 13.8. The van der Waals surface area contributed by atoms with Crippen LogP contribution >= 0.6 is 0 Å². The number of nitrogens with one attached hydrogen (secondary N) is 1. The van der Waals surface area contributed by atoms with E-state index in [2.05, 4.69) is 5.32 Å². The first-order valence-corrected chi connectivity index (χ1v) is 6.11. The molecule has 6 heteroatoms. The Morgan fingerprint density at radius 1 is 1.47 bits per heavy atom. The fourth-order valence-corrected chi connectivity index (χ4v) is 2.29. The summed E-state index contributed by atoms with van der Waals surface area (Å²) in [5, 5.41) is 2.08. The van der Waals surface area contributed by atoms with Gasteiger partial charge in [-0.25, -0.2) is 4.79 Å². The average Bonchev–Trinajstić information content (AvgIpc) is 2.37. The Balaban J connectivity index is 2.13. The van der Waals surface area contributed by atoms with E-state index in [1.807, 2.05) is 23.1 Å². The van der Waals surface area contributed by atoms with Crippen LogP contribution < -0.4 is 20.7 Å². The van der Waals surface area contributed by atoms with Crippen molar-refractivity contribution in [3.63, 3.8) is 0 Å². The maximum Gasteiger partial charge on any atom is 0.318 e. The zero-order valence-electron chi connectivity index (χ0n) is 10.8. The highest BCUT2D eigenvalue weighted by atomic mass is 16.5. The van der Waals surface area contributed by atoms with E-state index >= 15 is 0 Å². The first kappa shape index (κ1) is 13.2. The van der Waals surface area contributed by atoms with Crippen molar-refractivity contribution in [1.82, 2.24) is 5.32 Å². The van der Waals surface area contributed by atoms with Gasteiger partial charge in [-0.2, -0.15) is 0 Å². The van der Waals surface area contributed by atoms with Crippen LogP contribution in [0.3, 0.4) is 0 Å². The molecule has 0 bridgehead atoms. The van der Waals surface area contributed by atoms with Crippen LogP contribution in [0.4, 0.5) is 10.5 Å². The summed E-state index contributed by atoms with van der Waals surface area (Å²) in [5.74, 6) is 0.415. The molecule has 1 aromatic carbocycles. The number of methoxy groups -OCH3 is 1. The Hall–Kier alpha value is -2.24. The average molecular weight is 263 g/mol. The van der Waals surface area contributed by atoms with E-state index < -0.39 is 11.9 Å². The lowest BCUT2D eigenvalue weighted by atomic mass is 10.0. The third-order valence-corrected chi connectivity index (χ3v) is 3.10. The molecule has 3 N–H and O–H groups in total. The molecule has 1 aliphatic rings. The number of benzene rings is 1. The third-order valence-electron chi connectivity index (χ3n) is 3.10. The van der Waals surface area contributed by atoms with Gasteiger partial charge in [-0.05, 0) is 36.6 Å². The molecule has 6 nitrogen and oxygen atoms in total. The lowest BCUT2D eigenvalue weighted by Gasteiger charge is -2.30. The van der Waals surface area contributed by atoms with E-state index in [4.69, 9.17) is 10.5 Å². The summed E-state index contributed by atoms with van der Waals surface area (Å²) >= 11 is 0. The molecule has 2 rings (SSSR count). The molecule has 0 saturated carbocycles. The number of fused-ring (bicyclic) bond motifs is 1. The third kappa shape index (κ3) is 3.15. The van der Waals surface area contributed by atoms with E-state index in [9.17, 15) is 9.59 Å². The number of anilines is 1. The van der Waals surface area contributed by atoms with E-state index in [1.165, 1.54) is 0 Å². The van der Waals surface area contributed by atoms with Gasteiger partial charge in [0.2, 0.25) is 5.91 Å². The number of rotatable bonds is 3. The molecule has 0 fully saturated rings. The molecule has 102 valence electrons. The lowest BCUT2D eigenvalue weighted by molar-refractivity contribution is -0.118. The van der Waals surface area contributed by atoms with Crippen molar-refractivity contribution >= 4 is 17.6 Å². The zero-order valence-corrected chi connectivity index (χ0v) is 10.8. The maximum atomic E-state index is 11.6. The molecule has 0 spiro atoms. The molecule has 0 radical (unpaired) electrons. The fraction of sp³-hybridized carbons (Fsp3) is 0.385. The van der Waals surface area contributed by atoms with Crippen LogP contribution in [0.15, 0.2) is 18.2 Å². The smallest absolute Gasteiger partial charge is 0.318 e. The highest BCUT2D eigenvalue weighted by Crippen LogP contribution is 2.30. The summed E-state index contributed by atoms with van der Waals surface area (Å²) in [6.07, 6.45) is 1.92. The Morgan fingerprint density at radius 2 is 2.26 bits per heavy atom. The molecule has 0 unspecified atom stereocenters. The van der Waals surface area contributed by atoms with Crippen molar-refractivity contribution in [2.45, 2.75) is 12.8 Å². The van der Waals surface area contributed by atoms with E-state index in [0.717, 1.165) is 36.4 Å². The first-order chi connectivity index (χ1) is 9.10. The second-order valence-electron chi connectivity index (χ2n) is 4.43. The Kier molecular flexibility index (Phi) is 3.89. The summed E-state index contributed by atoms with van der Waals surface area (Å²) in [5.41, 5.74) is 7.08. The van der Waals surface area contributed by atoms with Gasteiger partial charge in [0.1, 0.15) is 5.75 Å². The van der Waals surface area contributed by atoms with Crippen molar-refractivity contribution in [2.24, 2.45) is 5.73 Å². The second-order valence-corrected chi connectivity index (χ2v) is 4.43. The fourth-order valence-electron chi connectivity index (χ4n) is 2.29. The number of imide groups is 1. The number of amides is 3. The number of ether oxygens (including phenoxy) is 1. The number of urea groups is 1. The largest absolute Gasteiger partial charge is 0.497 e. The van der Waals surface area contributed by atoms with E-state index in [-0.39, 0.29) is 6.54 Å². The number of hydrogen-bond acceptors (Lipinski definition) is 4. The van der Waals surface area contributed by atoms with Crippen molar-refractivity contribution in [3.05, 3.63) is 23.8 Å². The van der Waals surface area contributed by atoms with Gasteiger partial charge >= 0.3 is 6.03 Å². The number of aryl methyl sites for hydroxylation is 1. The Morgan fingerprint density at radius 3 is 2.95 bits per heavy atom. The molecule has 1 heterocycles. The van der Waals surface area contributed by atoms with Gasteiger partial charge in [0.15, 0.2) is 0 Å².